The summed E-state index contributed by atoms with van der Waals surface area (Å²) in [6.45, 7) is 27.1. The fourth-order valence-corrected chi connectivity index (χ4v) is 4.98. The maximum Gasteiger partial charge on any atom is 0.0785 e. The Morgan fingerprint density at radius 1 is 0.364 bits per heavy atom. The van der Waals surface area contributed by atoms with Crippen molar-refractivity contribution in [2.75, 3.05) is 7.18 Å². The van der Waals surface area contributed by atoms with Crippen molar-refractivity contribution in [2.45, 2.75) is 147 Å². The van der Waals surface area contributed by atoms with Gasteiger partial charge in [-0.3, -0.25) is 4.39 Å². The Hall–Kier alpha value is -0.0700. The molecular formula is C32H67F. The second kappa shape index (κ2) is 21.2. The summed E-state index contributed by atoms with van der Waals surface area (Å²) in [5.74, 6) is 7.93. The molecule has 202 valence electrons. The van der Waals surface area contributed by atoms with Gasteiger partial charge in [0.1, 0.15) is 0 Å². The Morgan fingerprint density at radius 2 is 0.576 bits per heavy atom. The van der Waals surface area contributed by atoms with Crippen molar-refractivity contribution >= 4 is 0 Å². The highest BCUT2D eigenvalue weighted by Gasteiger charge is 2.20. The number of hydrogen-bond acceptors (Lipinski definition) is 0. The fraction of sp³-hybridized carbons (Fsp3) is 1.00. The van der Waals surface area contributed by atoms with Crippen molar-refractivity contribution in [1.29, 1.82) is 0 Å². The Balaban J connectivity index is 0. The second-order valence-electron chi connectivity index (χ2n) is 12.7. The predicted octanol–water partition coefficient (Wildman–Crippen LogP) is 11.6. The summed E-state index contributed by atoms with van der Waals surface area (Å²) in [6, 6.07) is 0. The van der Waals surface area contributed by atoms with E-state index in [0.717, 1.165) is 53.3 Å². The van der Waals surface area contributed by atoms with Crippen LogP contribution in [0.1, 0.15) is 147 Å². The van der Waals surface area contributed by atoms with Gasteiger partial charge in [0.2, 0.25) is 0 Å². The average Bonchev–Trinajstić information content (AvgIpc) is 2.81. The van der Waals surface area contributed by atoms with Gasteiger partial charge in [-0.2, -0.15) is 0 Å². The minimum absolute atomic E-state index is 0.500. The van der Waals surface area contributed by atoms with Crippen LogP contribution in [-0.2, 0) is 0 Å². The van der Waals surface area contributed by atoms with Crippen LogP contribution in [0, 0.1) is 53.3 Å². The molecule has 0 aliphatic carbocycles. The molecule has 0 aromatic carbocycles. The van der Waals surface area contributed by atoms with E-state index in [4.69, 9.17) is 0 Å². The molecular weight excluding hydrogens is 403 g/mol. The monoisotopic (exact) mass is 471 g/mol. The molecule has 33 heavy (non-hydrogen) atoms. The summed E-state index contributed by atoms with van der Waals surface area (Å²) in [6.07, 6.45) is 15.5. The lowest BCUT2D eigenvalue weighted by Gasteiger charge is -2.27. The van der Waals surface area contributed by atoms with E-state index in [1.807, 2.05) is 0 Å². The molecule has 0 nitrogen and oxygen atoms in total. The van der Waals surface area contributed by atoms with Gasteiger partial charge >= 0.3 is 0 Å². The van der Waals surface area contributed by atoms with Crippen LogP contribution in [0.15, 0.2) is 0 Å². The zero-order valence-electron chi connectivity index (χ0n) is 25.4. The van der Waals surface area contributed by atoms with Gasteiger partial charge in [-0.25, -0.2) is 0 Å². The lowest BCUT2D eigenvalue weighted by molar-refractivity contribution is 0.237. The van der Waals surface area contributed by atoms with Gasteiger partial charge in [0.25, 0.3) is 0 Å². The molecule has 1 heteroatoms. The van der Waals surface area contributed by atoms with Gasteiger partial charge in [-0.15, -0.1) is 0 Å². The number of rotatable bonds is 19. The van der Waals surface area contributed by atoms with E-state index < -0.39 is 0 Å². The average molecular weight is 471 g/mol. The second-order valence-corrected chi connectivity index (χ2v) is 12.7. The maximum absolute atomic E-state index is 9.50. The van der Waals surface area contributed by atoms with Crippen LogP contribution in [0.5, 0.6) is 0 Å². The number of alkyl halides is 1. The van der Waals surface area contributed by atoms with Crippen molar-refractivity contribution in [3.63, 3.8) is 0 Å². The van der Waals surface area contributed by atoms with Gasteiger partial charge in [-0.05, 0) is 53.3 Å². The molecule has 0 amide bonds. The van der Waals surface area contributed by atoms with Crippen LogP contribution >= 0.6 is 0 Å². The maximum atomic E-state index is 9.50. The number of unbranched alkanes of at least 4 members (excludes halogenated alkanes) is 1. The Bertz CT molecular complexity index is 403. The van der Waals surface area contributed by atoms with E-state index in [-0.39, 0.29) is 0 Å². The van der Waals surface area contributed by atoms with E-state index >= 15 is 0 Å². The van der Waals surface area contributed by atoms with Crippen LogP contribution in [0.2, 0.25) is 0 Å². The largest absolute Gasteiger partial charge is 0.255 e. The van der Waals surface area contributed by atoms with Gasteiger partial charge < -0.3 is 0 Å². The summed E-state index contributed by atoms with van der Waals surface area (Å²) >= 11 is 0. The molecule has 8 atom stereocenters. The van der Waals surface area contributed by atoms with Crippen molar-refractivity contribution in [2.24, 2.45) is 53.3 Å². The zero-order valence-corrected chi connectivity index (χ0v) is 25.4. The molecule has 0 N–H and O–H groups in total. The first-order valence-electron chi connectivity index (χ1n) is 14.9. The van der Waals surface area contributed by atoms with Gasteiger partial charge in [0.15, 0.2) is 0 Å². The Kier molecular flexibility index (Phi) is 22.6. The van der Waals surface area contributed by atoms with Crippen molar-refractivity contribution < 1.29 is 4.39 Å². The standard InChI is InChI=1S/C31H64.CH3F/c1-12-13-14-24(4)26(6)17-18-28(8)30(10)21-22-31(11)29(9)20-19-27(7)25(5)16-15-23(2)3;1-2/h23-31H,12-22H2,1-11H3;1H3. The third-order valence-electron chi connectivity index (χ3n) is 9.33. The molecule has 0 spiro atoms. The minimum Gasteiger partial charge on any atom is -0.255 e. The van der Waals surface area contributed by atoms with E-state index in [9.17, 15) is 4.39 Å². The molecule has 0 saturated heterocycles. The first-order valence-corrected chi connectivity index (χ1v) is 14.9. The van der Waals surface area contributed by atoms with Crippen molar-refractivity contribution in [3.05, 3.63) is 0 Å². The SMILES string of the molecule is CCCCC(C)C(C)CCC(C)C(C)CCC(C)C(C)CCC(C)C(C)CCC(C)C.CF. The lowest BCUT2D eigenvalue weighted by atomic mass is 9.78. The summed E-state index contributed by atoms with van der Waals surface area (Å²) in [5.41, 5.74) is 0. The summed E-state index contributed by atoms with van der Waals surface area (Å²) in [4.78, 5) is 0. The van der Waals surface area contributed by atoms with Gasteiger partial charge in [0.05, 0.1) is 7.18 Å². The first kappa shape index (κ1) is 35.1. The molecule has 0 radical (unpaired) electrons. The summed E-state index contributed by atoms with van der Waals surface area (Å²) in [5, 5.41) is 0. The molecule has 0 aromatic rings. The molecule has 0 aromatic heterocycles. The van der Waals surface area contributed by atoms with Crippen molar-refractivity contribution in [3.8, 4) is 0 Å². The van der Waals surface area contributed by atoms with Crippen molar-refractivity contribution in [1.82, 2.24) is 0 Å². The van der Waals surface area contributed by atoms with E-state index in [1.165, 1.54) is 70.6 Å². The third kappa shape index (κ3) is 17.9. The van der Waals surface area contributed by atoms with E-state index in [1.54, 1.807) is 0 Å². The van der Waals surface area contributed by atoms with E-state index in [2.05, 4.69) is 76.2 Å². The third-order valence-corrected chi connectivity index (χ3v) is 9.33. The highest BCUT2D eigenvalue weighted by Crippen LogP contribution is 2.32. The van der Waals surface area contributed by atoms with Gasteiger partial charge in [-0.1, -0.05) is 147 Å². The highest BCUT2D eigenvalue weighted by molar-refractivity contribution is 4.72. The van der Waals surface area contributed by atoms with Crippen LogP contribution in [0.3, 0.4) is 0 Å². The van der Waals surface area contributed by atoms with E-state index in [0.29, 0.717) is 7.18 Å². The van der Waals surface area contributed by atoms with Crippen LogP contribution in [0.25, 0.3) is 0 Å². The molecule has 0 aliphatic heterocycles. The zero-order chi connectivity index (χ0) is 26.0. The number of halogens is 1. The summed E-state index contributed by atoms with van der Waals surface area (Å²) in [7, 11) is 0.500. The molecule has 0 bridgehead atoms. The van der Waals surface area contributed by atoms with Gasteiger partial charge in [0, 0.05) is 0 Å². The van der Waals surface area contributed by atoms with Crippen LogP contribution in [0.4, 0.5) is 4.39 Å². The highest BCUT2D eigenvalue weighted by atomic mass is 19.1. The minimum atomic E-state index is 0.500. The molecule has 0 heterocycles. The smallest absolute Gasteiger partial charge is 0.0785 e. The molecule has 0 fully saturated rings. The molecule has 8 unspecified atom stereocenters. The molecule has 0 saturated carbocycles. The van der Waals surface area contributed by atoms with Crippen LogP contribution in [-0.4, -0.2) is 7.18 Å². The topological polar surface area (TPSA) is 0 Å². The normalized spacial score (nSPS) is 19.1. The van der Waals surface area contributed by atoms with Crippen LogP contribution < -0.4 is 0 Å². The fourth-order valence-electron chi connectivity index (χ4n) is 4.98. The Morgan fingerprint density at radius 3 is 0.788 bits per heavy atom. The number of hydrogen-bond donors (Lipinski definition) is 0. The quantitative estimate of drug-likeness (QED) is 0.176. The first-order chi connectivity index (χ1) is 15.5. The lowest BCUT2D eigenvalue weighted by Crippen LogP contribution is -2.16. The molecule has 0 rings (SSSR count). The summed E-state index contributed by atoms with van der Waals surface area (Å²) < 4.78 is 9.50. The molecule has 0 aliphatic rings. The predicted molar refractivity (Wildman–Crippen MR) is 152 cm³/mol. The Labute approximate surface area is 211 Å².